The Morgan fingerprint density at radius 1 is 1.04 bits per heavy atom. The van der Waals surface area contributed by atoms with Crippen LogP contribution in [-0.4, -0.2) is 26.5 Å². The molecule has 0 spiro atoms. The van der Waals surface area contributed by atoms with Gasteiger partial charge < -0.3 is 10.6 Å². The number of hydrogen-bond donors (Lipinski definition) is 3. The summed E-state index contributed by atoms with van der Waals surface area (Å²) < 4.78 is 25.5. The first-order valence-corrected chi connectivity index (χ1v) is 8.42. The summed E-state index contributed by atoms with van der Waals surface area (Å²) in [7, 11) is -2.08. The quantitative estimate of drug-likeness (QED) is 0.733. The monoisotopic (exact) mass is 334 g/mol. The van der Waals surface area contributed by atoms with Gasteiger partial charge in [0.15, 0.2) is 0 Å². The van der Waals surface area contributed by atoms with Gasteiger partial charge in [-0.15, -0.1) is 0 Å². The maximum atomic E-state index is 11.7. The van der Waals surface area contributed by atoms with Gasteiger partial charge in [-0.3, -0.25) is 4.98 Å². The largest absolute Gasteiger partial charge is 0.334 e. The number of benzene rings is 1. The van der Waals surface area contributed by atoms with Gasteiger partial charge in [0.05, 0.1) is 4.90 Å². The number of nitrogens with one attached hydrogen (secondary N) is 3. The zero-order valence-electron chi connectivity index (χ0n) is 12.6. The molecule has 2 amide bonds. The van der Waals surface area contributed by atoms with E-state index in [-0.39, 0.29) is 10.9 Å². The second-order valence-electron chi connectivity index (χ2n) is 4.75. The highest BCUT2D eigenvalue weighted by Crippen LogP contribution is 2.09. The average Bonchev–Trinajstić information content (AvgIpc) is 2.59. The smallest absolute Gasteiger partial charge is 0.315 e. The lowest BCUT2D eigenvalue weighted by Gasteiger charge is -2.08. The van der Waals surface area contributed by atoms with Gasteiger partial charge in [0.25, 0.3) is 0 Å². The van der Waals surface area contributed by atoms with Crippen molar-refractivity contribution in [3.05, 3.63) is 59.9 Å². The molecule has 1 aromatic carbocycles. The highest BCUT2D eigenvalue weighted by Gasteiger charge is 2.10. The lowest BCUT2D eigenvalue weighted by Crippen LogP contribution is -2.34. The fraction of sp³-hybridized carbons (Fsp3) is 0.200. The zero-order valence-corrected chi connectivity index (χ0v) is 13.4. The Balaban J connectivity index is 1.82. The van der Waals surface area contributed by atoms with E-state index in [9.17, 15) is 13.2 Å². The van der Waals surface area contributed by atoms with E-state index >= 15 is 0 Å². The lowest BCUT2D eigenvalue weighted by molar-refractivity contribution is 0.240. The molecule has 7 nitrogen and oxygen atoms in total. The van der Waals surface area contributed by atoms with E-state index < -0.39 is 10.0 Å². The van der Waals surface area contributed by atoms with Gasteiger partial charge in [0, 0.05) is 25.5 Å². The van der Waals surface area contributed by atoms with Gasteiger partial charge in [-0.2, -0.15) is 0 Å². The molecule has 0 aliphatic rings. The van der Waals surface area contributed by atoms with Gasteiger partial charge in [0.2, 0.25) is 10.0 Å². The number of urea groups is 1. The van der Waals surface area contributed by atoms with Crippen LogP contribution in [0.1, 0.15) is 11.1 Å². The van der Waals surface area contributed by atoms with Crippen molar-refractivity contribution in [2.75, 3.05) is 7.05 Å². The van der Waals surface area contributed by atoms with Gasteiger partial charge in [0.1, 0.15) is 0 Å². The number of rotatable bonds is 6. The minimum atomic E-state index is -3.44. The molecule has 122 valence electrons. The van der Waals surface area contributed by atoms with Crippen molar-refractivity contribution >= 4 is 16.1 Å². The fourth-order valence-electron chi connectivity index (χ4n) is 1.83. The second kappa shape index (κ2) is 7.70. The molecule has 0 aliphatic heterocycles. The summed E-state index contributed by atoms with van der Waals surface area (Å²) in [5, 5.41) is 5.42. The topological polar surface area (TPSA) is 100 Å². The van der Waals surface area contributed by atoms with Crippen molar-refractivity contribution < 1.29 is 13.2 Å². The summed E-state index contributed by atoms with van der Waals surface area (Å²) >= 11 is 0. The molecule has 0 atom stereocenters. The third kappa shape index (κ3) is 5.04. The van der Waals surface area contributed by atoms with E-state index in [2.05, 4.69) is 20.3 Å². The van der Waals surface area contributed by atoms with Gasteiger partial charge >= 0.3 is 6.03 Å². The van der Waals surface area contributed by atoms with Crippen molar-refractivity contribution in [1.82, 2.24) is 20.3 Å². The van der Waals surface area contributed by atoms with E-state index in [0.717, 1.165) is 11.1 Å². The number of nitrogens with zero attached hydrogens (tertiary/aromatic N) is 1. The first-order chi connectivity index (χ1) is 11.0. The van der Waals surface area contributed by atoms with Crippen molar-refractivity contribution in [2.24, 2.45) is 0 Å². The zero-order chi connectivity index (χ0) is 16.7. The SMILES string of the molecule is CNS(=O)(=O)c1ccc(CNC(=O)NCc2cccnc2)cc1. The minimum Gasteiger partial charge on any atom is -0.334 e. The molecule has 8 heteroatoms. The van der Waals surface area contributed by atoms with E-state index in [1.54, 1.807) is 30.6 Å². The Bertz CT molecular complexity index is 746. The molecular weight excluding hydrogens is 316 g/mol. The Labute approximate surface area is 135 Å². The van der Waals surface area contributed by atoms with Gasteiger partial charge in [-0.1, -0.05) is 18.2 Å². The molecule has 0 unspecified atom stereocenters. The van der Waals surface area contributed by atoms with Crippen molar-refractivity contribution in [1.29, 1.82) is 0 Å². The molecule has 23 heavy (non-hydrogen) atoms. The number of aromatic nitrogens is 1. The molecule has 0 fully saturated rings. The van der Waals surface area contributed by atoms with Gasteiger partial charge in [-0.25, -0.2) is 17.9 Å². The lowest BCUT2D eigenvalue weighted by atomic mass is 10.2. The molecule has 0 aliphatic carbocycles. The normalized spacial score (nSPS) is 11.0. The Morgan fingerprint density at radius 2 is 1.70 bits per heavy atom. The van der Waals surface area contributed by atoms with Crippen LogP contribution in [0.5, 0.6) is 0 Å². The molecule has 0 saturated heterocycles. The van der Waals surface area contributed by atoms with E-state index in [4.69, 9.17) is 0 Å². The van der Waals surface area contributed by atoms with Crippen LogP contribution in [0.4, 0.5) is 4.79 Å². The maximum absolute atomic E-state index is 11.7. The number of hydrogen-bond acceptors (Lipinski definition) is 4. The Morgan fingerprint density at radius 3 is 2.26 bits per heavy atom. The highest BCUT2D eigenvalue weighted by molar-refractivity contribution is 7.89. The number of pyridine rings is 1. The number of amides is 2. The fourth-order valence-corrected chi connectivity index (χ4v) is 2.56. The molecule has 3 N–H and O–H groups in total. The molecule has 1 aromatic heterocycles. The van der Waals surface area contributed by atoms with E-state index in [1.807, 2.05) is 6.07 Å². The molecule has 0 bridgehead atoms. The Hall–Kier alpha value is -2.45. The van der Waals surface area contributed by atoms with Crippen LogP contribution in [0.15, 0.2) is 53.7 Å². The standard InChI is InChI=1S/C15H18N4O3S/c1-16-23(21,22)14-6-4-12(5-7-14)10-18-15(20)19-11-13-3-2-8-17-9-13/h2-9,16H,10-11H2,1H3,(H2,18,19,20). The van der Waals surface area contributed by atoms with Crippen LogP contribution < -0.4 is 15.4 Å². The summed E-state index contributed by atoms with van der Waals surface area (Å²) in [6.45, 7) is 0.692. The highest BCUT2D eigenvalue weighted by atomic mass is 32.2. The maximum Gasteiger partial charge on any atom is 0.315 e. The average molecular weight is 334 g/mol. The van der Waals surface area contributed by atoms with Crippen molar-refractivity contribution in [3.63, 3.8) is 0 Å². The van der Waals surface area contributed by atoms with Crippen molar-refractivity contribution in [3.8, 4) is 0 Å². The predicted molar refractivity (Wildman–Crippen MR) is 86.0 cm³/mol. The summed E-state index contributed by atoms with van der Waals surface area (Å²) in [5.41, 5.74) is 1.71. The first kappa shape index (κ1) is 16.9. The van der Waals surface area contributed by atoms with Crippen LogP contribution in [0.25, 0.3) is 0 Å². The van der Waals surface area contributed by atoms with Crippen LogP contribution >= 0.6 is 0 Å². The first-order valence-electron chi connectivity index (χ1n) is 6.94. The molecule has 0 saturated carbocycles. The summed E-state index contributed by atoms with van der Waals surface area (Å²) in [5.74, 6) is 0. The minimum absolute atomic E-state index is 0.185. The third-order valence-electron chi connectivity index (χ3n) is 3.13. The molecule has 2 aromatic rings. The number of sulfonamides is 1. The summed E-state index contributed by atoms with van der Waals surface area (Å²) in [6, 6.07) is 9.68. The Kier molecular flexibility index (Phi) is 5.67. The van der Waals surface area contributed by atoms with Crippen LogP contribution in [0.3, 0.4) is 0 Å². The number of carbonyl (C=O) groups excluding carboxylic acids is 1. The molecule has 0 radical (unpaired) electrons. The predicted octanol–water partition coefficient (Wildman–Crippen LogP) is 0.989. The van der Waals surface area contributed by atoms with Crippen molar-refractivity contribution in [2.45, 2.75) is 18.0 Å². The van der Waals surface area contributed by atoms with E-state index in [1.165, 1.54) is 19.2 Å². The molecule has 2 rings (SSSR count). The van der Waals surface area contributed by atoms with E-state index in [0.29, 0.717) is 13.1 Å². The molecular formula is C15H18N4O3S. The van der Waals surface area contributed by atoms with Crippen LogP contribution in [0, 0.1) is 0 Å². The van der Waals surface area contributed by atoms with Gasteiger partial charge in [-0.05, 0) is 36.4 Å². The second-order valence-corrected chi connectivity index (χ2v) is 6.64. The summed E-state index contributed by atoms with van der Waals surface area (Å²) in [6.07, 6.45) is 3.35. The number of carbonyl (C=O) groups is 1. The molecule has 1 heterocycles. The van der Waals surface area contributed by atoms with Crippen LogP contribution in [0.2, 0.25) is 0 Å². The summed E-state index contributed by atoms with van der Waals surface area (Å²) in [4.78, 5) is 15.9. The third-order valence-corrected chi connectivity index (χ3v) is 4.56. The van der Waals surface area contributed by atoms with Crippen LogP contribution in [-0.2, 0) is 23.1 Å².